The minimum atomic E-state index is -0.872. The molecule has 1 atom stereocenters. The lowest BCUT2D eigenvalue weighted by atomic mass is 9.81. The number of rotatable bonds is 9. The number of amides is 2. The number of carbonyl (C=O) groups excluding carboxylic acids is 2. The Morgan fingerprint density at radius 3 is 2.37 bits per heavy atom. The van der Waals surface area contributed by atoms with E-state index in [0.29, 0.717) is 24.0 Å². The maximum Gasteiger partial charge on any atom is 0.240 e. The SMILES string of the molecule is Cc1cc2[nH]cnc2cc1-c1ccc(C[C@@H](C(N)=O)N(C(=O)C2CCC(CN)CC2)c2ccc(-c3nn[nH]n3)cc2)cc1. The van der Waals surface area contributed by atoms with Crippen LogP contribution in [0.4, 0.5) is 5.69 Å². The highest BCUT2D eigenvalue weighted by atomic mass is 16.2. The lowest BCUT2D eigenvalue weighted by Gasteiger charge is -2.35. The van der Waals surface area contributed by atoms with E-state index in [2.05, 4.69) is 49.6 Å². The molecule has 220 valence electrons. The quantitative estimate of drug-likeness (QED) is 0.205. The zero-order valence-electron chi connectivity index (χ0n) is 24.0. The Morgan fingerprint density at radius 1 is 1.00 bits per heavy atom. The number of nitrogens with two attached hydrogens (primary N) is 2. The predicted molar refractivity (Wildman–Crippen MR) is 165 cm³/mol. The van der Waals surface area contributed by atoms with Crippen LogP contribution in [0, 0.1) is 18.8 Å². The van der Waals surface area contributed by atoms with Crippen LogP contribution in [-0.4, -0.2) is 55.0 Å². The summed E-state index contributed by atoms with van der Waals surface area (Å²) in [6.07, 6.45) is 5.23. The van der Waals surface area contributed by atoms with E-state index in [9.17, 15) is 9.59 Å². The van der Waals surface area contributed by atoms with Gasteiger partial charge in [-0.3, -0.25) is 14.5 Å². The second-order valence-electron chi connectivity index (χ2n) is 11.3. The summed E-state index contributed by atoms with van der Waals surface area (Å²) in [4.78, 5) is 36.3. The van der Waals surface area contributed by atoms with E-state index in [1.54, 1.807) is 11.2 Å². The van der Waals surface area contributed by atoms with Crippen LogP contribution >= 0.6 is 0 Å². The molecule has 5 aromatic rings. The van der Waals surface area contributed by atoms with Crippen LogP contribution < -0.4 is 16.4 Å². The fraction of sp³-hybridized carbons (Fsp3) is 0.312. The van der Waals surface area contributed by atoms with Crippen molar-refractivity contribution in [2.24, 2.45) is 23.3 Å². The first kappa shape index (κ1) is 28.2. The summed E-state index contributed by atoms with van der Waals surface area (Å²) < 4.78 is 0. The van der Waals surface area contributed by atoms with Gasteiger partial charge in [0.2, 0.25) is 17.6 Å². The number of imidazole rings is 1. The van der Waals surface area contributed by atoms with Crippen LogP contribution in [-0.2, 0) is 16.0 Å². The number of hydrogen-bond donors (Lipinski definition) is 4. The number of tetrazole rings is 1. The number of aromatic amines is 2. The van der Waals surface area contributed by atoms with Gasteiger partial charge in [0.15, 0.2) is 0 Å². The summed E-state index contributed by atoms with van der Waals surface area (Å²) in [7, 11) is 0. The molecule has 0 saturated heterocycles. The Labute approximate surface area is 249 Å². The molecule has 0 bridgehead atoms. The van der Waals surface area contributed by atoms with E-state index in [1.165, 1.54) is 0 Å². The smallest absolute Gasteiger partial charge is 0.240 e. The normalized spacial score (nSPS) is 17.5. The summed E-state index contributed by atoms with van der Waals surface area (Å²) in [5, 5.41) is 14.1. The van der Waals surface area contributed by atoms with Crippen molar-refractivity contribution >= 4 is 28.5 Å². The molecule has 0 radical (unpaired) electrons. The molecule has 0 aliphatic heterocycles. The molecule has 1 saturated carbocycles. The molecule has 2 amide bonds. The molecule has 2 heterocycles. The van der Waals surface area contributed by atoms with Crippen LogP contribution in [0.2, 0.25) is 0 Å². The van der Waals surface area contributed by atoms with E-state index in [4.69, 9.17) is 11.5 Å². The van der Waals surface area contributed by atoms with E-state index in [1.807, 2.05) is 48.5 Å². The van der Waals surface area contributed by atoms with Crippen molar-refractivity contribution in [1.29, 1.82) is 0 Å². The number of benzene rings is 3. The fourth-order valence-electron chi connectivity index (χ4n) is 6.12. The summed E-state index contributed by atoms with van der Waals surface area (Å²) >= 11 is 0. The Kier molecular flexibility index (Phi) is 7.97. The van der Waals surface area contributed by atoms with Gasteiger partial charge in [-0.15, -0.1) is 10.2 Å². The largest absolute Gasteiger partial charge is 0.368 e. The molecule has 1 aliphatic rings. The third-order valence-corrected chi connectivity index (χ3v) is 8.62. The number of primary amides is 1. The molecule has 2 aromatic heterocycles. The predicted octanol–water partition coefficient (Wildman–Crippen LogP) is 3.91. The molecule has 6 rings (SSSR count). The van der Waals surface area contributed by atoms with Crippen molar-refractivity contribution in [2.75, 3.05) is 11.4 Å². The number of aryl methyl sites for hydroxylation is 1. The van der Waals surface area contributed by atoms with Crippen molar-refractivity contribution in [2.45, 2.75) is 45.1 Å². The third-order valence-electron chi connectivity index (χ3n) is 8.62. The minimum absolute atomic E-state index is 0.0915. The summed E-state index contributed by atoms with van der Waals surface area (Å²) in [5.41, 5.74) is 19.3. The molecule has 11 nitrogen and oxygen atoms in total. The highest BCUT2D eigenvalue weighted by Gasteiger charge is 2.36. The van der Waals surface area contributed by atoms with Gasteiger partial charge in [-0.25, -0.2) is 4.98 Å². The minimum Gasteiger partial charge on any atom is -0.368 e. The lowest BCUT2D eigenvalue weighted by Crippen LogP contribution is -2.52. The second kappa shape index (κ2) is 12.1. The number of hydrogen-bond acceptors (Lipinski definition) is 7. The molecule has 1 fully saturated rings. The van der Waals surface area contributed by atoms with E-state index in [0.717, 1.165) is 64.5 Å². The van der Waals surface area contributed by atoms with Crippen LogP contribution in [0.15, 0.2) is 67.0 Å². The van der Waals surface area contributed by atoms with E-state index in [-0.39, 0.29) is 18.2 Å². The van der Waals surface area contributed by atoms with Gasteiger partial charge in [-0.1, -0.05) is 24.3 Å². The molecule has 3 aromatic carbocycles. The van der Waals surface area contributed by atoms with Gasteiger partial charge in [-0.05, 0) is 109 Å². The number of aromatic nitrogens is 6. The van der Waals surface area contributed by atoms with Gasteiger partial charge in [0.1, 0.15) is 6.04 Å². The second-order valence-corrected chi connectivity index (χ2v) is 11.3. The van der Waals surface area contributed by atoms with Gasteiger partial charge in [-0.2, -0.15) is 5.21 Å². The Balaban J connectivity index is 1.30. The van der Waals surface area contributed by atoms with E-state index >= 15 is 0 Å². The van der Waals surface area contributed by atoms with Crippen molar-refractivity contribution in [3.63, 3.8) is 0 Å². The first-order chi connectivity index (χ1) is 20.9. The number of carbonyl (C=O) groups is 2. The number of nitrogens with zero attached hydrogens (tertiary/aromatic N) is 5. The molecule has 6 N–H and O–H groups in total. The highest BCUT2D eigenvalue weighted by Crippen LogP contribution is 2.33. The van der Waals surface area contributed by atoms with Crippen molar-refractivity contribution < 1.29 is 9.59 Å². The average Bonchev–Trinajstić information content (AvgIpc) is 3.73. The summed E-state index contributed by atoms with van der Waals surface area (Å²) in [6.45, 7) is 2.69. The molecular weight excluding hydrogens is 542 g/mol. The van der Waals surface area contributed by atoms with Crippen molar-refractivity contribution in [3.8, 4) is 22.5 Å². The monoisotopic (exact) mass is 577 g/mol. The first-order valence-electron chi connectivity index (χ1n) is 14.6. The van der Waals surface area contributed by atoms with E-state index < -0.39 is 11.9 Å². The summed E-state index contributed by atoms with van der Waals surface area (Å²) in [6, 6.07) is 18.6. The number of H-pyrrole nitrogens is 2. The van der Waals surface area contributed by atoms with Gasteiger partial charge in [0, 0.05) is 23.6 Å². The van der Waals surface area contributed by atoms with Crippen LogP contribution in [0.5, 0.6) is 0 Å². The zero-order chi connectivity index (χ0) is 29.9. The third kappa shape index (κ3) is 5.89. The number of nitrogens with one attached hydrogen (secondary N) is 2. The zero-order valence-corrected chi connectivity index (χ0v) is 24.0. The number of anilines is 1. The van der Waals surface area contributed by atoms with Crippen molar-refractivity contribution in [1.82, 2.24) is 30.6 Å². The molecule has 0 unspecified atom stereocenters. The highest BCUT2D eigenvalue weighted by molar-refractivity contribution is 6.01. The fourth-order valence-corrected chi connectivity index (χ4v) is 6.12. The van der Waals surface area contributed by atoms with Crippen molar-refractivity contribution in [3.05, 3.63) is 78.1 Å². The van der Waals surface area contributed by atoms with Gasteiger partial charge >= 0.3 is 0 Å². The maximum atomic E-state index is 14.1. The molecule has 11 heteroatoms. The molecular formula is C32H35N9O2. The Morgan fingerprint density at radius 2 is 1.72 bits per heavy atom. The standard InChI is InChI=1S/C32H35N9O2/c1-19-14-27-28(36-18-35-27)16-26(19)22-6-2-20(3-7-22)15-29(30(34)42)41(32(43)24-8-4-21(17-33)5-9-24)25-12-10-23(11-13-25)31-37-39-40-38-31/h2-3,6-7,10-14,16,18,21,24,29H,4-5,8-9,15,17,33H2,1H3,(H2,34,42)(H,35,36)(H,37,38,39,40)/t21?,24?,29-/m0/s1. The van der Waals surface area contributed by atoms with Crippen LogP contribution in [0.3, 0.4) is 0 Å². The van der Waals surface area contributed by atoms with Gasteiger partial charge in [0.05, 0.1) is 17.4 Å². The van der Waals surface area contributed by atoms with Gasteiger partial charge in [0.25, 0.3) is 0 Å². The topological polar surface area (TPSA) is 173 Å². The van der Waals surface area contributed by atoms with Crippen LogP contribution in [0.1, 0.15) is 36.8 Å². The average molecular weight is 578 g/mol. The Hall–Kier alpha value is -4.90. The molecule has 43 heavy (non-hydrogen) atoms. The number of fused-ring (bicyclic) bond motifs is 1. The van der Waals surface area contributed by atoms with Gasteiger partial charge < -0.3 is 16.5 Å². The Bertz CT molecular complexity index is 1700. The molecule has 1 aliphatic carbocycles. The van der Waals surface area contributed by atoms with Crippen LogP contribution in [0.25, 0.3) is 33.5 Å². The lowest BCUT2D eigenvalue weighted by molar-refractivity contribution is -0.127. The molecule has 0 spiro atoms. The summed E-state index contributed by atoms with van der Waals surface area (Å²) in [5.74, 6) is 0.0115. The first-order valence-corrected chi connectivity index (χ1v) is 14.6. The maximum absolute atomic E-state index is 14.1.